The van der Waals surface area contributed by atoms with Crippen molar-refractivity contribution in [1.29, 1.82) is 0 Å². The molecule has 0 aromatic heterocycles. The Morgan fingerprint density at radius 1 is 1.50 bits per heavy atom. The molecule has 1 saturated carbocycles. The van der Waals surface area contributed by atoms with Gasteiger partial charge < -0.3 is 4.74 Å². The van der Waals surface area contributed by atoms with Gasteiger partial charge in [0, 0.05) is 12.8 Å². The van der Waals surface area contributed by atoms with Gasteiger partial charge in [-0.15, -0.1) is 0 Å². The number of hydrogen-bond acceptors (Lipinski definition) is 2. The minimum absolute atomic E-state index is 0.0330. The number of Topliss-reactive ketones (excluding diaryl/α,β-unsaturated/α-hetero) is 1. The molecule has 0 saturated heterocycles. The Balaban J connectivity index is 2.28. The summed E-state index contributed by atoms with van der Waals surface area (Å²) in [7, 11) is 0. The van der Waals surface area contributed by atoms with E-state index in [-0.39, 0.29) is 18.6 Å². The molecule has 2 nitrogen and oxygen atoms in total. The van der Waals surface area contributed by atoms with Crippen molar-refractivity contribution in [3.8, 4) is 0 Å². The summed E-state index contributed by atoms with van der Waals surface area (Å²) in [5.41, 5.74) is 0. The van der Waals surface area contributed by atoms with Crippen LogP contribution in [0.15, 0.2) is 0 Å². The van der Waals surface area contributed by atoms with E-state index in [2.05, 4.69) is 4.74 Å². The Morgan fingerprint density at radius 3 is 2.33 bits per heavy atom. The summed E-state index contributed by atoms with van der Waals surface area (Å²) >= 11 is 0. The number of hydrogen-bond donors (Lipinski definition) is 0. The van der Waals surface area contributed by atoms with Crippen LogP contribution in [0.25, 0.3) is 0 Å². The molecule has 0 aromatic carbocycles. The molecule has 0 bridgehead atoms. The van der Waals surface area contributed by atoms with Gasteiger partial charge in [0.15, 0.2) is 6.10 Å². The van der Waals surface area contributed by atoms with E-state index in [1.807, 2.05) is 0 Å². The van der Waals surface area contributed by atoms with E-state index in [0.29, 0.717) is 0 Å². The van der Waals surface area contributed by atoms with Gasteiger partial charge in [0.05, 0.1) is 6.10 Å². The molecular formula is C7H9F3O2. The minimum atomic E-state index is -4.32. The highest BCUT2D eigenvalue weighted by molar-refractivity contribution is 5.85. The number of carbonyl (C=O) groups excluding carboxylic acids is 1. The molecule has 70 valence electrons. The molecule has 1 fully saturated rings. The lowest BCUT2D eigenvalue weighted by atomic mass is 9.94. The Labute approximate surface area is 67.7 Å². The zero-order valence-electron chi connectivity index (χ0n) is 6.52. The first-order valence-electron chi connectivity index (χ1n) is 3.63. The second kappa shape index (κ2) is 3.05. The Hall–Kier alpha value is -0.580. The first-order chi connectivity index (χ1) is 5.39. The van der Waals surface area contributed by atoms with Crippen molar-refractivity contribution in [2.75, 3.05) is 0 Å². The van der Waals surface area contributed by atoms with Crippen molar-refractivity contribution >= 4 is 5.78 Å². The van der Waals surface area contributed by atoms with Gasteiger partial charge in [-0.05, 0) is 6.92 Å². The summed E-state index contributed by atoms with van der Waals surface area (Å²) in [5, 5.41) is 0. The van der Waals surface area contributed by atoms with Crippen LogP contribution in [0.1, 0.15) is 19.8 Å². The van der Waals surface area contributed by atoms with E-state index in [1.165, 1.54) is 0 Å². The molecule has 1 aliphatic rings. The Morgan fingerprint density at radius 2 is 2.00 bits per heavy atom. The summed E-state index contributed by atoms with van der Waals surface area (Å²) in [6.45, 7) is 0.947. The van der Waals surface area contributed by atoms with Gasteiger partial charge in [-0.3, -0.25) is 4.79 Å². The van der Waals surface area contributed by atoms with Crippen LogP contribution in [-0.4, -0.2) is 24.2 Å². The molecule has 0 heterocycles. The average Bonchev–Trinajstić information content (AvgIpc) is 1.82. The van der Waals surface area contributed by atoms with Crippen LogP contribution in [-0.2, 0) is 9.53 Å². The fourth-order valence-corrected chi connectivity index (χ4v) is 0.910. The molecule has 0 spiro atoms. The molecule has 1 atom stereocenters. The van der Waals surface area contributed by atoms with Crippen LogP contribution in [0.4, 0.5) is 13.2 Å². The summed E-state index contributed by atoms with van der Waals surface area (Å²) < 4.78 is 40.1. The standard InChI is InChI=1S/C7H9F3O2/c1-4(7(8,9)10)12-6-2-5(11)3-6/h4,6H,2-3H2,1H3. The van der Waals surface area contributed by atoms with Crippen LogP contribution >= 0.6 is 0 Å². The third-order valence-electron chi connectivity index (χ3n) is 1.77. The van der Waals surface area contributed by atoms with Crippen LogP contribution in [0.2, 0.25) is 0 Å². The fourth-order valence-electron chi connectivity index (χ4n) is 0.910. The zero-order valence-corrected chi connectivity index (χ0v) is 6.52. The van der Waals surface area contributed by atoms with Crippen molar-refractivity contribution in [2.45, 2.75) is 38.1 Å². The van der Waals surface area contributed by atoms with E-state index in [9.17, 15) is 18.0 Å². The van der Waals surface area contributed by atoms with Crippen LogP contribution in [0, 0.1) is 0 Å². The lowest BCUT2D eigenvalue weighted by molar-refractivity contribution is -0.232. The van der Waals surface area contributed by atoms with Gasteiger partial charge >= 0.3 is 6.18 Å². The molecule has 0 N–H and O–H groups in total. The maximum atomic E-state index is 11.9. The van der Waals surface area contributed by atoms with Gasteiger partial charge in [-0.1, -0.05) is 0 Å². The maximum Gasteiger partial charge on any atom is 0.414 e. The normalized spacial score (nSPS) is 22.2. The van der Waals surface area contributed by atoms with E-state index in [1.54, 1.807) is 0 Å². The number of halogens is 3. The van der Waals surface area contributed by atoms with Gasteiger partial charge in [-0.25, -0.2) is 0 Å². The smallest absolute Gasteiger partial charge is 0.365 e. The number of ether oxygens (including phenoxy) is 1. The predicted molar refractivity (Wildman–Crippen MR) is 34.6 cm³/mol. The molecule has 0 aromatic rings. The third kappa shape index (κ3) is 2.20. The first kappa shape index (κ1) is 9.51. The lowest BCUT2D eigenvalue weighted by Crippen LogP contribution is -2.39. The van der Waals surface area contributed by atoms with Crippen molar-refractivity contribution in [3.63, 3.8) is 0 Å². The quantitative estimate of drug-likeness (QED) is 0.649. The SMILES string of the molecule is CC(OC1CC(=O)C1)C(F)(F)F. The molecule has 1 rings (SSSR count). The highest BCUT2D eigenvalue weighted by Gasteiger charge is 2.40. The molecule has 5 heteroatoms. The average molecular weight is 182 g/mol. The van der Waals surface area contributed by atoms with Gasteiger partial charge in [0.1, 0.15) is 5.78 Å². The Bertz CT molecular complexity index is 180. The monoisotopic (exact) mass is 182 g/mol. The number of rotatable bonds is 2. The van der Waals surface area contributed by atoms with Crippen LogP contribution in [0.5, 0.6) is 0 Å². The first-order valence-corrected chi connectivity index (χ1v) is 3.63. The van der Waals surface area contributed by atoms with Gasteiger partial charge in [-0.2, -0.15) is 13.2 Å². The minimum Gasteiger partial charge on any atom is -0.365 e. The van der Waals surface area contributed by atoms with Gasteiger partial charge in [0.2, 0.25) is 0 Å². The summed E-state index contributed by atoms with van der Waals surface area (Å²) in [4.78, 5) is 10.4. The number of alkyl halides is 3. The van der Waals surface area contributed by atoms with E-state index in [0.717, 1.165) is 6.92 Å². The molecule has 0 aliphatic heterocycles. The van der Waals surface area contributed by atoms with Crippen LogP contribution in [0.3, 0.4) is 0 Å². The van der Waals surface area contributed by atoms with Crippen molar-refractivity contribution < 1.29 is 22.7 Å². The second-order valence-electron chi connectivity index (χ2n) is 2.89. The molecule has 1 unspecified atom stereocenters. The third-order valence-corrected chi connectivity index (χ3v) is 1.77. The largest absolute Gasteiger partial charge is 0.414 e. The molecular weight excluding hydrogens is 173 g/mol. The lowest BCUT2D eigenvalue weighted by Gasteiger charge is -2.28. The zero-order chi connectivity index (χ0) is 9.35. The Kier molecular flexibility index (Phi) is 2.41. The second-order valence-corrected chi connectivity index (χ2v) is 2.89. The van der Waals surface area contributed by atoms with Crippen molar-refractivity contribution in [1.82, 2.24) is 0 Å². The summed E-state index contributed by atoms with van der Waals surface area (Å²) in [6.07, 6.45) is -6.36. The van der Waals surface area contributed by atoms with Crippen LogP contribution < -0.4 is 0 Å². The van der Waals surface area contributed by atoms with E-state index >= 15 is 0 Å². The number of ketones is 1. The van der Waals surface area contributed by atoms with E-state index < -0.39 is 18.4 Å². The maximum absolute atomic E-state index is 11.9. The molecule has 0 radical (unpaired) electrons. The number of carbonyl (C=O) groups is 1. The molecule has 1 aliphatic carbocycles. The molecule has 0 amide bonds. The fraction of sp³-hybridized carbons (Fsp3) is 0.857. The van der Waals surface area contributed by atoms with Gasteiger partial charge in [0.25, 0.3) is 0 Å². The van der Waals surface area contributed by atoms with Crippen molar-refractivity contribution in [2.24, 2.45) is 0 Å². The highest BCUT2D eigenvalue weighted by Crippen LogP contribution is 2.27. The molecule has 12 heavy (non-hydrogen) atoms. The predicted octanol–water partition coefficient (Wildman–Crippen LogP) is 1.69. The van der Waals surface area contributed by atoms with Crippen molar-refractivity contribution in [3.05, 3.63) is 0 Å². The van der Waals surface area contributed by atoms with E-state index in [4.69, 9.17) is 0 Å². The topological polar surface area (TPSA) is 26.3 Å². The summed E-state index contributed by atoms with van der Waals surface area (Å²) in [6, 6.07) is 0. The summed E-state index contributed by atoms with van der Waals surface area (Å²) in [5.74, 6) is -0.0330. The highest BCUT2D eigenvalue weighted by atomic mass is 19.4.